The molecule has 0 spiro atoms. The van der Waals surface area contributed by atoms with E-state index in [0.717, 1.165) is 6.07 Å². The van der Waals surface area contributed by atoms with Crippen LogP contribution in [0.2, 0.25) is 0 Å². The number of hydrogen-bond acceptors (Lipinski definition) is 1. The molecule has 0 amide bonds. The largest absolute Gasteiger partial charge is 0.416 e. The summed E-state index contributed by atoms with van der Waals surface area (Å²) >= 11 is 0. The zero-order valence-corrected chi connectivity index (χ0v) is 10.4. The van der Waals surface area contributed by atoms with Crippen molar-refractivity contribution in [1.82, 2.24) is 0 Å². The summed E-state index contributed by atoms with van der Waals surface area (Å²) in [6, 6.07) is 10.3. The van der Waals surface area contributed by atoms with Crippen molar-refractivity contribution in [3.8, 4) is 0 Å². The van der Waals surface area contributed by atoms with Gasteiger partial charge in [-0.2, -0.15) is 13.2 Å². The van der Waals surface area contributed by atoms with E-state index in [-0.39, 0.29) is 12.0 Å². The van der Waals surface area contributed by atoms with Gasteiger partial charge in [0.25, 0.3) is 0 Å². The molecule has 0 heterocycles. The molecule has 1 N–H and O–H groups in total. The van der Waals surface area contributed by atoms with Crippen molar-refractivity contribution in [2.45, 2.75) is 18.7 Å². The Kier molecular flexibility index (Phi) is 4.09. The summed E-state index contributed by atoms with van der Waals surface area (Å²) in [5.41, 5.74) is -0.636. The molecule has 1 unspecified atom stereocenters. The van der Waals surface area contributed by atoms with Crippen LogP contribution in [0.1, 0.15) is 22.8 Å². The van der Waals surface area contributed by atoms with Gasteiger partial charge in [-0.05, 0) is 29.3 Å². The Bertz CT molecular complexity index is 592. The number of benzene rings is 2. The molecule has 20 heavy (non-hydrogen) atoms. The van der Waals surface area contributed by atoms with Gasteiger partial charge in [-0.25, -0.2) is 4.39 Å². The summed E-state index contributed by atoms with van der Waals surface area (Å²) in [5.74, 6) is -0.487. The maximum atomic E-state index is 13.0. The Morgan fingerprint density at radius 1 is 1.00 bits per heavy atom. The Morgan fingerprint density at radius 2 is 1.70 bits per heavy atom. The third-order valence-corrected chi connectivity index (χ3v) is 2.94. The lowest BCUT2D eigenvalue weighted by atomic mass is 9.97. The van der Waals surface area contributed by atoms with Crippen molar-refractivity contribution in [3.63, 3.8) is 0 Å². The second-order valence-corrected chi connectivity index (χ2v) is 4.43. The van der Waals surface area contributed by atoms with Crippen molar-refractivity contribution in [2.75, 3.05) is 0 Å². The number of aliphatic hydroxyl groups is 1. The summed E-state index contributed by atoms with van der Waals surface area (Å²) in [7, 11) is 0. The van der Waals surface area contributed by atoms with Gasteiger partial charge in [-0.1, -0.05) is 30.3 Å². The van der Waals surface area contributed by atoms with Crippen molar-refractivity contribution in [3.05, 3.63) is 71.0 Å². The zero-order chi connectivity index (χ0) is 14.8. The average molecular weight is 284 g/mol. The molecule has 0 aliphatic carbocycles. The number of aliphatic hydroxyl groups excluding tert-OH is 1. The average Bonchev–Trinajstić information content (AvgIpc) is 2.37. The quantitative estimate of drug-likeness (QED) is 0.841. The van der Waals surface area contributed by atoms with Gasteiger partial charge in [0.2, 0.25) is 0 Å². The highest BCUT2D eigenvalue weighted by Crippen LogP contribution is 2.35. The number of halogens is 4. The first kappa shape index (κ1) is 14.5. The Labute approximate surface area is 113 Å². The van der Waals surface area contributed by atoms with Crippen molar-refractivity contribution in [1.29, 1.82) is 0 Å². The summed E-state index contributed by atoms with van der Waals surface area (Å²) in [5, 5.41) is 9.99. The van der Waals surface area contributed by atoms with Crippen LogP contribution < -0.4 is 0 Å². The van der Waals surface area contributed by atoms with E-state index in [1.807, 2.05) is 0 Å². The van der Waals surface area contributed by atoms with Gasteiger partial charge in [-0.15, -0.1) is 0 Å². The molecule has 5 heteroatoms. The van der Waals surface area contributed by atoms with Gasteiger partial charge in [-0.3, -0.25) is 0 Å². The van der Waals surface area contributed by atoms with Gasteiger partial charge in [0.05, 0.1) is 11.7 Å². The molecule has 0 saturated heterocycles. The van der Waals surface area contributed by atoms with E-state index in [2.05, 4.69) is 0 Å². The smallest absolute Gasteiger partial charge is 0.388 e. The van der Waals surface area contributed by atoms with E-state index in [9.17, 15) is 22.7 Å². The molecule has 0 bridgehead atoms. The molecule has 0 aliphatic heterocycles. The van der Waals surface area contributed by atoms with E-state index >= 15 is 0 Å². The molecule has 0 radical (unpaired) electrons. The van der Waals surface area contributed by atoms with Crippen LogP contribution in [0.3, 0.4) is 0 Å². The highest BCUT2D eigenvalue weighted by Gasteiger charge is 2.34. The molecular formula is C15H12F4O. The number of alkyl halides is 3. The molecular weight excluding hydrogens is 272 g/mol. The van der Waals surface area contributed by atoms with Gasteiger partial charge < -0.3 is 5.11 Å². The van der Waals surface area contributed by atoms with Crippen molar-refractivity contribution >= 4 is 0 Å². The fourth-order valence-corrected chi connectivity index (χ4v) is 2.04. The number of rotatable bonds is 3. The van der Waals surface area contributed by atoms with Crippen molar-refractivity contribution < 1.29 is 22.7 Å². The van der Waals surface area contributed by atoms with Gasteiger partial charge in [0.15, 0.2) is 0 Å². The normalized spacial score (nSPS) is 13.2. The maximum Gasteiger partial charge on any atom is 0.416 e. The monoisotopic (exact) mass is 284 g/mol. The second-order valence-electron chi connectivity index (χ2n) is 4.43. The molecule has 0 saturated carbocycles. The molecule has 0 fully saturated rings. The third kappa shape index (κ3) is 3.36. The molecule has 2 rings (SSSR count). The van der Waals surface area contributed by atoms with E-state index < -0.39 is 23.7 Å². The SMILES string of the molecule is OC(Cc1cccc(F)c1)c1ccccc1C(F)(F)F. The van der Waals surface area contributed by atoms with Crippen molar-refractivity contribution in [2.24, 2.45) is 0 Å². The van der Waals surface area contributed by atoms with Crippen LogP contribution in [0.4, 0.5) is 17.6 Å². The molecule has 2 aromatic rings. The summed E-state index contributed by atoms with van der Waals surface area (Å²) in [6.07, 6.45) is -5.95. The van der Waals surface area contributed by atoms with Crippen LogP contribution in [0, 0.1) is 5.82 Å². The first-order valence-corrected chi connectivity index (χ1v) is 5.96. The fraction of sp³-hybridized carbons (Fsp3) is 0.200. The molecule has 0 aromatic heterocycles. The molecule has 2 aromatic carbocycles. The molecule has 1 nitrogen and oxygen atoms in total. The Morgan fingerprint density at radius 3 is 2.35 bits per heavy atom. The first-order chi connectivity index (χ1) is 9.38. The lowest BCUT2D eigenvalue weighted by Crippen LogP contribution is -2.13. The second kappa shape index (κ2) is 5.63. The van der Waals surface area contributed by atoms with Gasteiger partial charge in [0, 0.05) is 6.42 Å². The fourth-order valence-electron chi connectivity index (χ4n) is 2.04. The minimum atomic E-state index is -4.53. The standard InChI is InChI=1S/C15H12F4O/c16-11-5-3-4-10(8-11)9-14(20)12-6-1-2-7-13(12)15(17,18)19/h1-8,14,20H,9H2. The van der Waals surface area contributed by atoms with Crippen LogP contribution >= 0.6 is 0 Å². The van der Waals surface area contributed by atoms with Crippen LogP contribution in [0.25, 0.3) is 0 Å². The maximum absolute atomic E-state index is 13.0. The highest BCUT2D eigenvalue weighted by molar-refractivity contribution is 5.32. The van der Waals surface area contributed by atoms with Crippen LogP contribution in [-0.2, 0) is 12.6 Å². The lowest BCUT2D eigenvalue weighted by Gasteiger charge is -2.17. The van der Waals surface area contributed by atoms with Crippen LogP contribution in [0.15, 0.2) is 48.5 Å². The van der Waals surface area contributed by atoms with E-state index in [1.54, 1.807) is 6.07 Å². The lowest BCUT2D eigenvalue weighted by molar-refractivity contribution is -0.139. The molecule has 0 aliphatic rings. The highest BCUT2D eigenvalue weighted by atomic mass is 19.4. The van der Waals surface area contributed by atoms with Gasteiger partial charge in [0.1, 0.15) is 5.82 Å². The Balaban J connectivity index is 2.28. The van der Waals surface area contributed by atoms with Crippen LogP contribution in [-0.4, -0.2) is 5.11 Å². The topological polar surface area (TPSA) is 20.2 Å². The summed E-state index contributed by atoms with van der Waals surface area (Å²) < 4.78 is 51.5. The van der Waals surface area contributed by atoms with Crippen LogP contribution in [0.5, 0.6) is 0 Å². The molecule has 106 valence electrons. The molecule has 1 atom stereocenters. The summed E-state index contributed by atoms with van der Waals surface area (Å²) in [6.45, 7) is 0. The minimum absolute atomic E-state index is 0.0785. The van der Waals surface area contributed by atoms with E-state index in [0.29, 0.717) is 5.56 Å². The van der Waals surface area contributed by atoms with Gasteiger partial charge >= 0.3 is 6.18 Å². The number of hydrogen-bond donors (Lipinski definition) is 1. The van der Waals surface area contributed by atoms with E-state index in [1.165, 1.54) is 36.4 Å². The zero-order valence-electron chi connectivity index (χ0n) is 10.4. The summed E-state index contributed by atoms with van der Waals surface area (Å²) in [4.78, 5) is 0. The Hall–Kier alpha value is -1.88. The third-order valence-electron chi connectivity index (χ3n) is 2.94. The first-order valence-electron chi connectivity index (χ1n) is 5.96. The minimum Gasteiger partial charge on any atom is -0.388 e. The van der Waals surface area contributed by atoms with E-state index in [4.69, 9.17) is 0 Å². The predicted molar refractivity (Wildman–Crippen MR) is 66.5 cm³/mol. The predicted octanol–water partition coefficient (Wildman–Crippen LogP) is 4.12.